The Labute approximate surface area is 180 Å². The van der Waals surface area contributed by atoms with E-state index in [4.69, 9.17) is 11.6 Å². The summed E-state index contributed by atoms with van der Waals surface area (Å²) in [4.78, 5) is 25.0. The third-order valence-corrected chi connectivity index (χ3v) is 5.57. The maximum absolute atomic E-state index is 12.9. The average molecular weight is 423 g/mol. The Balaban J connectivity index is 1.47. The topological polar surface area (TPSA) is 76.0 Å². The van der Waals surface area contributed by atoms with Crippen LogP contribution in [0.2, 0.25) is 5.02 Å². The molecular formula is C23H23ClN4O2. The van der Waals surface area contributed by atoms with Crippen molar-refractivity contribution in [1.82, 2.24) is 15.1 Å². The van der Waals surface area contributed by atoms with Gasteiger partial charge in [-0.15, -0.1) is 0 Å². The summed E-state index contributed by atoms with van der Waals surface area (Å²) in [5.41, 5.74) is 4.11. The number of aryl methyl sites for hydroxylation is 1. The lowest BCUT2D eigenvalue weighted by Crippen LogP contribution is -2.25. The van der Waals surface area contributed by atoms with Crippen LogP contribution in [-0.2, 0) is 6.54 Å². The zero-order chi connectivity index (χ0) is 21.3. The van der Waals surface area contributed by atoms with Gasteiger partial charge < -0.3 is 10.6 Å². The molecule has 0 bridgehead atoms. The SMILES string of the molecule is Cc1nn(Cc2ccccc2Cl)c(C)c1C(=O)Nc1ccc(C(=O)NC2CC2)cc1. The van der Waals surface area contributed by atoms with Crippen LogP contribution in [0.1, 0.15) is 50.5 Å². The Hall–Kier alpha value is -3.12. The predicted molar refractivity (Wildman–Crippen MR) is 117 cm³/mol. The van der Waals surface area contributed by atoms with Crippen LogP contribution in [0.4, 0.5) is 5.69 Å². The fourth-order valence-corrected chi connectivity index (χ4v) is 3.56. The lowest BCUT2D eigenvalue weighted by molar-refractivity contribution is 0.0950. The first-order valence-electron chi connectivity index (χ1n) is 9.92. The van der Waals surface area contributed by atoms with Gasteiger partial charge in [0.05, 0.1) is 17.8 Å². The highest BCUT2D eigenvalue weighted by molar-refractivity contribution is 6.31. The maximum atomic E-state index is 12.9. The standard InChI is InChI=1S/C23H23ClN4O2/c1-14-21(15(2)28(27-14)13-17-5-3-4-6-20(17)24)23(30)26-18-9-7-16(8-10-18)22(29)25-19-11-12-19/h3-10,19H,11-13H2,1-2H3,(H,25,29)(H,26,30). The monoisotopic (exact) mass is 422 g/mol. The molecule has 0 saturated heterocycles. The van der Waals surface area contributed by atoms with Crippen molar-refractivity contribution in [2.45, 2.75) is 39.3 Å². The average Bonchev–Trinajstić information content (AvgIpc) is 3.48. The van der Waals surface area contributed by atoms with E-state index in [9.17, 15) is 9.59 Å². The van der Waals surface area contributed by atoms with Crippen LogP contribution >= 0.6 is 11.6 Å². The van der Waals surface area contributed by atoms with Crippen LogP contribution in [0.15, 0.2) is 48.5 Å². The molecule has 2 N–H and O–H groups in total. The summed E-state index contributed by atoms with van der Waals surface area (Å²) in [6, 6.07) is 14.8. The number of carbonyl (C=O) groups excluding carboxylic acids is 2. The smallest absolute Gasteiger partial charge is 0.259 e. The number of anilines is 1. The van der Waals surface area contributed by atoms with E-state index in [0.29, 0.717) is 40.1 Å². The van der Waals surface area contributed by atoms with E-state index >= 15 is 0 Å². The fourth-order valence-electron chi connectivity index (χ4n) is 3.36. The van der Waals surface area contributed by atoms with Gasteiger partial charge in [-0.25, -0.2) is 0 Å². The molecule has 4 rings (SSSR count). The number of aromatic nitrogens is 2. The van der Waals surface area contributed by atoms with Gasteiger partial charge in [-0.2, -0.15) is 5.10 Å². The van der Waals surface area contributed by atoms with E-state index in [1.54, 1.807) is 28.9 Å². The van der Waals surface area contributed by atoms with Crippen LogP contribution in [0.5, 0.6) is 0 Å². The molecular weight excluding hydrogens is 400 g/mol. The summed E-state index contributed by atoms with van der Waals surface area (Å²) in [7, 11) is 0. The number of nitrogens with one attached hydrogen (secondary N) is 2. The molecule has 1 fully saturated rings. The van der Waals surface area contributed by atoms with Gasteiger partial charge in [-0.3, -0.25) is 14.3 Å². The van der Waals surface area contributed by atoms with Gasteiger partial charge in [0.1, 0.15) is 0 Å². The van der Waals surface area contributed by atoms with Crippen LogP contribution < -0.4 is 10.6 Å². The van der Waals surface area contributed by atoms with E-state index in [1.165, 1.54) is 0 Å². The normalized spacial score (nSPS) is 13.2. The highest BCUT2D eigenvalue weighted by Gasteiger charge is 2.24. The van der Waals surface area contributed by atoms with Crippen LogP contribution in [-0.4, -0.2) is 27.6 Å². The molecule has 0 aliphatic heterocycles. The zero-order valence-electron chi connectivity index (χ0n) is 16.9. The van der Waals surface area contributed by atoms with Crippen molar-refractivity contribution < 1.29 is 9.59 Å². The molecule has 0 spiro atoms. The van der Waals surface area contributed by atoms with Crippen LogP contribution in [0.3, 0.4) is 0 Å². The van der Waals surface area contributed by atoms with E-state index in [0.717, 1.165) is 24.1 Å². The minimum Gasteiger partial charge on any atom is -0.349 e. The zero-order valence-corrected chi connectivity index (χ0v) is 17.7. The van der Waals surface area contributed by atoms with Crippen molar-refractivity contribution >= 4 is 29.1 Å². The lowest BCUT2D eigenvalue weighted by atomic mass is 10.1. The molecule has 0 atom stereocenters. The number of hydrogen-bond acceptors (Lipinski definition) is 3. The maximum Gasteiger partial charge on any atom is 0.259 e. The molecule has 1 heterocycles. The quantitative estimate of drug-likeness (QED) is 0.620. The number of hydrogen-bond donors (Lipinski definition) is 2. The van der Waals surface area contributed by atoms with Crippen molar-refractivity contribution in [3.05, 3.63) is 81.6 Å². The molecule has 6 nitrogen and oxygen atoms in total. The summed E-state index contributed by atoms with van der Waals surface area (Å²) in [5.74, 6) is -0.312. The second-order valence-corrected chi connectivity index (χ2v) is 7.98. The Kier molecular flexibility index (Phi) is 5.59. The molecule has 2 amide bonds. The molecule has 1 aliphatic carbocycles. The first-order valence-corrected chi connectivity index (χ1v) is 10.3. The number of nitrogens with zero attached hydrogens (tertiary/aromatic N) is 2. The molecule has 7 heteroatoms. The summed E-state index contributed by atoms with van der Waals surface area (Å²) in [5, 5.41) is 11.0. The number of amides is 2. The minimum absolute atomic E-state index is 0.0806. The summed E-state index contributed by atoms with van der Waals surface area (Å²) < 4.78 is 1.79. The second kappa shape index (κ2) is 8.32. The van der Waals surface area contributed by atoms with E-state index < -0.39 is 0 Å². The molecule has 2 aromatic carbocycles. The Bertz CT molecular complexity index is 1100. The Morgan fingerprint density at radius 2 is 1.77 bits per heavy atom. The first-order chi connectivity index (χ1) is 14.4. The molecule has 0 radical (unpaired) electrons. The first kappa shape index (κ1) is 20.2. The van der Waals surface area contributed by atoms with Gasteiger partial charge >= 0.3 is 0 Å². The number of carbonyl (C=O) groups is 2. The fraction of sp³-hybridized carbons (Fsp3) is 0.261. The van der Waals surface area contributed by atoms with Gasteiger partial charge in [0.25, 0.3) is 11.8 Å². The summed E-state index contributed by atoms with van der Waals surface area (Å²) in [6.45, 7) is 4.18. The Morgan fingerprint density at radius 1 is 1.07 bits per heavy atom. The van der Waals surface area contributed by atoms with Crippen LogP contribution in [0, 0.1) is 13.8 Å². The van der Waals surface area contributed by atoms with E-state index in [1.807, 2.05) is 38.1 Å². The molecule has 0 unspecified atom stereocenters. The lowest BCUT2D eigenvalue weighted by Gasteiger charge is -2.09. The van der Waals surface area contributed by atoms with E-state index in [2.05, 4.69) is 15.7 Å². The van der Waals surface area contributed by atoms with Gasteiger partial charge in [-0.1, -0.05) is 29.8 Å². The van der Waals surface area contributed by atoms with Crippen LogP contribution in [0.25, 0.3) is 0 Å². The van der Waals surface area contributed by atoms with Crippen molar-refractivity contribution in [2.75, 3.05) is 5.32 Å². The number of rotatable bonds is 6. The van der Waals surface area contributed by atoms with Crippen molar-refractivity contribution in [2.24, 2.45) is 0 Å². The summed E-state index contributed by atoms with van der Waals surface area (Å²) >= 11 is 6.26. The molecule has 1 aromatic heterocycles. The summed E-state index contributed by atoms with van der Waals surface area (Å²) in [6.07, 6.45) is 2.09. The van der Waals surface area contributed by atoms with Gasteiger partial charge in [-0.05, 0) is 62.6 Å². The largest absolute Gasteiger partial charge is 0.349 e. The number of halogens is 1. The highest BCUT2D eigenvalue weighted by atomic mass is 35.5. The molecule has 30 heavy (non-hydrogen) atoms. The van der Waals surface area contributed by atoms with E-state index in [-0.39, 0.29) is 11.8 Å². The predicted octanol–water partition coefficient (Wildman–Crippen LogP) is 4.35. The molecule has 1 aliphatic rings. The third-order valence-electron chi connectivity index (χ3n) is 5.20. The molecule has 154 valence electrons. The van der Waals surface area contributed by atoms with Crippen molar-refractivity contribution in [1.29, 1.82) is 0 Å². The molecule has 1 saturated carbocycles. The Morgan fingerprint density at radius 3 is 2.43 bits per heavy atom. The van der Waals surface area contributed by atoms with Crippen molar-refractivity contribution in [3.63, 3.8) is 0 Å². The van der Waals surface area contributed by atoms with Gasteiger partial charge in [0.15, 0.2) is 0 Å². The molecule has 3 aromatic rings. The number of benzene rings is 2. The van der Waals surface area contributed by atoms with Gasteiger partial charge in [0.2, 0.25) is 0 Å². The van der Waals surface area contributed by atoms with Crippen molar-refractivity contribution in [3.8, 4) is 0 Å². The minimum atomic E-state index is -0.231. The third kappa shape index (κ3) is 4.39. The van der Waals surface area contributed by atoms with Gasteiger partial charge in [0, 0.05) is 28.0 Å². The highest BCUT2D eigenvalue weighted by Crippen LogP contribution is 2.22. The second-order valence-electron chi connectivity index (χ2n) is 7.57.